The van der Waals surface area contributed by atoms with Crippen LogP contribution in [-0.4, -0.2) is 24.0 Å². The van der Waals surface area contributed by atoms with Gasteiger partial charge in [-0.2, -0.15) is 0 Å². The van der Waals surface area contributed by atoms with Crippen molar-refractivity contribution in [1.29, 1.82) is 0 Å². The summed E-state index contributed by atoms with van der Waals surface area (Å²) in [4.78, 5) is 13.9. The van der Waals surface area contributed by atoms with E-state index in [9.17, 15) is 4.79 Å². The number of hydrogen-bond donors (Lipinski definition) is 1. The fourth-order valence-electron chi connectivity index (χ4n) is 2.43. The smallest absolute Gasteiger partial charge is 0.259 e. The zero-order valence-electron chi connectivity index (χ0n) is 11.6. The number of anilines is 1. The minimum Gasteiger partial charge on any atom is -0.492 e. The predicted octanol–water partition coefficient (Wildman–Crippen LogP) is 2.77. The summed E-state index contributed by atoms with van der Waals surface area (Å²) in [5.74, 6) is 0.677. The fraction of sp³-hybridized carbons (Fsp3) is 0.118. The number of nitrogens with two attached hydrogens (primary N) is 1. The van der Waals surface area contributed by atoms with Crippen molar-refractivity contribution < 1.29 is 9.53 Å². The van der Waals surface area contributed by atoms with E-state index in [1.165, 1.54) is 0 Å². The molecular formula is C17H16N2O2. The third kappa shape index (κ3) is 2.48. The highest BCUT2D eigenvalue weighted by atomic mass is 16.5. The van der Waals surface area contributed by atoms with Crippen molar-refractivity contribution in [3.63, 3.8) is 0 Å². The van der Waals surface area contributed by atoms with Crippen LogP contribution in [0.3, 0.4) is 0 Å². The van der Waals surface area contributed by atoms with Crippen molar-refractivity contribution in [1.82, 2.24) is 4.90 Å². The molecule has 4 heteroatoms. The third-order valence-electron chi connectivity index (χ3n) is 3.48. The Morgan fingerprint density at radius 2 is 1.86 bits per heavy atom. The lowest BCUT2D eigenvalue weighted by atomic mass is 10.1. The van der Waals surface area contributed by atoms with Crippen LogP contribution >= 0.6 is 0 Å². The van der Waals surface area contributed by atoms with Gasteiger partial charge in [-0.15, -0.1) is 0 Å². The van der Waals surface area contributed by atoms with Crippen molar-refractivity contribution >= 4 is 17.3 Å². The van der Waals surface area contributed by atoms with E-state index in [-0.39, 0.29) is 5.91 Å². The average Bonchev–Trinajstić information content (AvgIpc) is 2.73. The number of carbonyl (C=O) groups is 1. The van der Waals surface area contributed by atoms with E-state index in [1.54, 1.807) is 17.0 Å². The Balaban J connectivity index is 1.65. The van der Waals surface area contributed by atoms with E-state index in [2.05, 4.69) is 6.58 Å². The quantitative estimate of drug-likeness (QED) is 0.876. The molecule has 0 radical (unpaired) electrons. The highest BCUT2D eigenvalue weighted by molar-refractivity contribution is 6.08. The average molecular weight is 280 g/mol. The first-order valence-electron chi connectivity index (χ1n) is 6.75. The van der Waals surface area contributed by atoms with Crippen LogP contribution in [-0.2, 0) is 0 Å². The predicted molar refractivity (Wildman–Crippen MR) is 82.9 cm³/mol. The molecule has 0 aromatic heterocycles. The molecule has 2 N–H and O–H groups in total. The first-order valence-corrected chi connectivity index (χ1v) is 6.75. The molecule has 3 rings (SSSR count). The lowest BCUT2D eigenvalue weighted by Gasteiger charge is -2.17. The van der Waals surface area contributed by atoms with Crippen molar-refractivity contribution in [2.24, 2.45) is 0 Å². The van der Waals surface area contributed by atoms with Gasteiger partial charge in [0.05, 0.1) is 6.54 Å². The summed E-state index contributed by atoms with van der Waals surface area (Å²) in [6, 6.07) is 14.7. The molecule has 0 fully saturated rings. The van der Waals surface area contributed by atoms with Gasteiger partial charge in [-0.25, -0.2) is 0 Å². The zero-order chi connectivity index (χ0) is 14.8. The molecule has 4 nitrogen and oxygen atoms in total. The van der Waals surface area contributed by atoms with Gasteiger partial charge in [0.2, 0.25) is 0 Å². The molecule has 2 aromatic carbocycles. The minimum absolute atomic E-state index is 0.0215. The molecule has 106 valence electrons. The SMILES string of the molecule is C=C1c2ccccc2C(=O)N1CCOc1cccc(N)c1. The molecule has 1 aliphatic heterocycles. The van der Waals surface area contributed by atoms with E-state index in [0.717, 1.165) is 11.3 Å². The van der Waals surface area contributed by atoms with Crippen molar-refractivity contribution in [2.75, 3.05) is 18.9 Å². The van der Waals surface area contributed by atoms with Crippen LogP contribution in [0.1, 0.15) is 15.9 Å². The van der Waals surface area contributed by atoms with Crippen LogP contribution in [0, 0.1) is 0 Å². The maximum Gasteiger partial charge on any atom is 0.259 e. The molecule has 1 heterocycles. The first-order chi connectivity index (χ1) is 10.2. The summed E-state index contributed by atoms with van der Waals surface area (Å²) in [5.41, 5.74) is 8.67. The molecule has 0 saturated heterocycles. The van der Waals surface area contributed by atoms with Crippen LogP contribution in [0.2, 0.25) is 0 Å². The summed E-state index contributed by atoms with van der Waals surface area (Å²) >= 11 is 0. The highest BCUT2D eigenvalue weighted by Crippen LogP contribution is 2.30. The molecule has 0 atom stereocenters. The van der Waals surface area contributed by atoms with Gasteiger partial charge in [-0.3, -0.25) is 4.79 Å². The largest absolute Gasteiger partial charge is 0.492 e. The fourth-order valence-corrected chi connectivity index (χ4v) is 2.43. The zero-order valence-corrected chi connectivity index (χ0v) is 11.6. The van der Waals surface area contributed by atoms with Crippen LogP contribution in [0.4, 0.5) is 5.69 Å². The van der Waals surface area contributed by atoms with Gasteiger partial charge >= 0.3 is 0 Å². The van der Waals surface area contributed by atoms with Crippen molar-refractivity contribution in [2.45, 2.75) is 0 Å². The van der Waals surface area contributed by atoms with Gasteiger partial charge in [-0.1, -0.05) is 30.8 Å². The van der Waals surface area contributed by atoms with Gasteiger partial charge in [0.1, 0.15) is 12.4 Å². The van der Waals surface area contributed by atoms with Crippen LogP contribution in [0.5, 0.6) is 5.75 Å². The number of carbonyl (C=O) groups excluding carboxylic acids is 1. The highest BCUT2D eigenvalue weighted by Gasteiger charge is 2.30. The number of fused-ring (bicyclic) bond motifs is 1. The Hall–Kier alpha value is -2.75. The van der Waals surface area contributed by atoms with Crippen molar-refractivity contribution in [3.05, 3.63) is 66.2 Å². The van der Waals surface area contributed by atoms with E-state index < -0.39 is 0 Å². The van der Waals surface area contributed by atoms with Gasteiger partial charge in [0, 0.05) is 28.6 Å². The maximum atomic E-state index is 12.3. The second-order valence-electron chi connectivity index (χ2n) is 4.87. The lowest BCUT2D eigenvalue weighted by Crippen LogP contribution is -2.27. The number of benzene rings is 2. The molecule has 0 spiro atoms. The second-order valence-corrected chi connectivity index (χ2v) is 4.87. The number of nitrogens with zero attached hydrogens (tertiary/aromatic N) is 1. The van der Waals surface area contributed by atoms with Gasteiger partial charge in [0.25, 0.3) is 5.91 Å². The van der Waals surface area contributed by atoms with E-state index in [4.69, 9.17) is 10.5 Å². The standard InChI is InChI=1S/C17H16N2O2/c1-12-15-7-2-3-8-16(15)17(20)19(12)9-10-21-14-6-4-5-13(18)11-14/h2-8,11H,1,9-10,18H2. The summed E-state index contributed by atoms with van der Waals surface area (Å²) in [5, 5.41) is 0. The Labute approximate surface area is 123 Å². The number of hydrogen-bond acceptors (Lipinski definition) is 3. The topological polar surface area (TPSA) is 55.6 Å². The van der Waals surface area contributed by atoms with Crippen molar-refractivity contribution in [3.8, 4) is 5.75 Å². The van der Waals surface area contributed by atoms with Crippen LogP contribution in [0.15, 0.2) is 55.1 Å². The van der Waals surface area contributed by atoms with Gasteiger partial charge in [0.15, 0.2) is 0 Å². The number of ether oxygens (including phenoxy) is 1. The molecule has 0 aliphatic carbocycles. The normalized spacial score (nSPS) is 13.4. The summed E-state index contributed by atoms with van der Waals surface area (Å²) in [6.07, 6.45) is 0. The molecule has 0 bridgehead atoms. The summed E-state index contributed by atoms with van der Waals surface area (Å²) in [7, 11) is 0. The van der Waals surface area contributed by atoms with E-state index in [1.807, 2.05) is 36.4 Å². The van der Waals surface area contributed by atoms with Gasteiger partial charge in [-0.05, 0) is 18.2 Å². The van der Waals surface area contributed by atoms with Crippen LogP contribution in [0.25, 0.3) is 5.70 Å². The molecule has 0 unspecified atom stereocenters. The molecule has 21 heavy (non-hydrogen) atoms. The monoisotopic (exact) mass is 280 g/mol. The number of nitrogen functional groups attached to an aromatic ring is 1. The van der Waals surface area contributed by atoms with E-state index in [0.29, 0.717) is 30.2 Å². The summed E-state index contributed by atoms with van der Waals surface area (Å²) in [6.45, 7) is 4.85. The molecule has 2 aromatic rings. The Morgan fingerprint density at radius 1 is 1.10 bits per heavy atom. The Kier molecular flexibility index (Phi) is 3.36. The number of amides is 1. The first kappa shape index (κ1) is 13.2. The molecule has 1 aliphatic rings. The molecule has 0 saturated carbocycles. The lowest BCUT2D eigenvalue weighted by molar-refractivity contribution is 0.0834. The van der Waals surface area contributed by atoms with Gasteiger partial charge < -0.3 is 15.4 Å². The maximum absolute atomic E-state index is 12.3. The summed E-state index contributed by atoms with van der Waals surface area (Å²) < 4.78 is 5.63. The second kappa shape index (κ2) is 5.32. The number of rotatable bonds is 4. The third-order valence-corrected chi connectivity index (χ3v) is 3.48. The Bertz CT molecular complexity index is 674. The Morgan fingerprint density at radius 3 is 2.57 bits per heavy atom. The molecule has 1 amide bonds. The van der Waals surface area contributed by atoms with E-state index >= 15 is 0 Å². The molecular weight excluding hydrogens is 264 g/mol. The minimum atomic E-state index is -0.0215. The van der Waals surface area contributed by atoms with Crippen LogP contribution < -0.4 is 10.5 Å².